The number of aromatic nitrogens is 2. The molecule has 3 heteroatoms. The van der Waals surface area contributed by atoms with Crippen LogP contribution in [0.4, 0.5) is 0 Å². The predicted octanol–water partition coefficient (Wildman–Crippen LogP) is 13.7. The van der Waals surface area contributed by atoms with Crippen LogP contribution in [0.3, 0.4) is 0 Å². The number of rotatable bonds is 30. The van der Waals surface area contributed by atoms with Gasteiger partial charge in [-0.25, -0.2) is 9.97 Å². The average Bonchev–Trinajstić information content (AvgIpc) is 3.44. The van der Waals surface area contributed by atoms with Crippen molar-refractivity contribution in [2.24, 2.45) is 0 Å². The summed E-state index contributed by atoms with van der Waals surface area (Å²) in [6, 6.07) is 0. The summed E-state index contributed by atoms with van der Waals surface area (Å²) < 4.78 is 0. The van der Waals surface area contributed by atoms with Gasteiger partial charge in [-0.3, -0.25) is 0 Å². The average molecular weight is 585 g/mol. The normalized spacial score (nSPS) is 11.7. The first-order valence-electron chi connectivity index (χ1n) is 18.6. The number of unbranched alkanes of at least 4 members (excludes halogenated alkanes) is 26. The van der Waals surface area contributed by atoms with Crippen molar-refractivity contribution < 1.29 is 0 Å². The Morgan fingerprint density at radius 1 is 0.366 bits per heavy atom. The Bertz CT molecular complexity index is 763. The molecule has 2 heterocycles. The van der Waals surface area contributed by atoms with Crippen LogP contribution < -0.4 is 0 Å². The van der Waals surface area contributed by atoms with Gasteiger partial charge in [-0.2, -0.15) is 0 Å². The zero-order chi connectivity index (χ0) is 29.1. The molecule has 0 saturated heterocycles. The van der Waals surface area contributed by atoms with Gasteiger partial charge in [0.05, 0.1) is 22.4 Å². The molecule has 0 spiro atoms. The smallest absolute Gasteiger partial charge is 0.0997 e. The Hall–Kier alpha value is -0.960. The molecule has 0 saturated carbocycles. The fourth-order valence-corrected chi connectivity index (χ4v) is 6.92. The number of fused-ring (bicyclic) bond motifs is 1. The second-order valence-electron chi connectivity index (χ2n) is 13.0. The standard InChI is InChI=1S/C38H68N2S/c1-3-5-7-9-11-13-15-17-19-21-23-25-27-29-31-35-36(40-38-34-41-33-37(38)39-35)32-30-28-26-24-22-20-18-16-14-12-10-8-6-4-2/h33-34H,3-32H2,1-2H3. The Balaban J connectivity index is 1.49. The van der Waals surface area contributed by atoms with E-state index in [4.69, 9.17) is 9.97 Å². The second kappa shape index (κ2) is 26.7. The third-order valence-corrected chi connectivity index (χ3v) is 9.72. The van der Waals surface area contributed by atoms with E-state index in [1.54, 1.807) is 11.3 Å². The van der Waals surface area contributed by atoms with E-state index in [2.05, 4.69) is 24.6 Å². The molecule has 0 fully saturated rings. The highest BCUT2D eigenvalue weighted by Crippen LogP contribution is 2.21. The van der Waals surface area contributed by atoms with E-state index in [9.17, 15) is 0 Å². The first-order valence-corrected chi connectivity index (χ1v) is 19.5. The van der Waals surface area contributed by atoms with Crippen molar-refractivity contribution in [3.05, 3.63) is 22.1 Å². The maximum absolute atomic E-state index is 5.07. The topological polar surface area (TPSA) is 25.8 Å². The van der Waals surface area contributed by atoms with Gasteiger partial charge in [0.15, 0.2) is 0 Å². The Kier molecular flexibility index (Phi) is 23.6. The van der Waals surface area contributed by atoms with Gasteiger partial charge in [0, 0.05) is 10.8 Å². The van der Waals surface area contributed by atoms with Crippen LogP contribution in [0.1, 0.15) is 205 Å². The van der Waals surface area contributed by atoms with E-state index >= 15 is 0 Å². The Labute approximate surface area is 260 Å². The van der Waals surface area contributed by atoms with E-state index in [1.165, 1.54) is 191 Å². The van der Waals surface area contributed by atoms with E-state index in [0.29, 0.717) is 0 Å². The van der Waals surface area contributed by atoms with Crippen molar-refractivity contribution in [2.75, 3.05) is 0 Å². The molecule has 41 heavy (non-hydrogen) atoms. The van der Waals surface area contributed by atoms with Crippen molar-refractivity contribution in [2.45, 2.75) is 206 Å². The van der Waals surface area contributed by atoms with Gasteiger partial charge in [0.1, 0.15) is 0 Å². The van der Waals surface area contributed by atoms with Crippen LogP contribution in [-0.4, -0.2) is 9.97 Å². The molecular weight excluding hydrogens is 516 g/mol. The molecule has 0 N–H and O–H groups in total. The SMILES string of the molecule is CCCCCCCCCCCCCCCCc1nc2cscc2nc1CCCCCCCCCCCCCCCC. The maximum Gasteiger partial charge on any atom is 0.0997 e. The van der Waals surface area contributed by atoms with Gasteiger partial charge in [-0.1, -0.05) is 181 Å². The number of nitrogens with zero attached hydrogens (tertiary/aromatic N) is 2. The molecule has 0 bridgehead atoms. The van der Waals surface area contributed by atoms with Crippen LogP contribution >= 0.6 is 11.3 Å². The Morgan fingerprint density at radius 3 is 0.878 bits per heavy atom. The first-order chi connectivity index (χ1) is 20.3. The van der Waals surface area contributed by atoms with Crippen molar-refractivity contribution >= 4 is 22.4 Å². The summed E-state index contributed by atoms with van der Waals surface area (Å²) in [6.07, 6.45) is 41.9. The zero-order valence-electron chi connectivity index (χ0n) is 27.7. The molecule has 0 aliphatic rings. The molecular formula is C38H68N2S. The molecule has 0 aliphatic carbocycles. The highest BCUT2D eigenvalue weighted by Gasteiger charge is 2.10. The van der Waals surface area contributed by atoms with E-state index in [1.807, 2.05) is 0 Å². The lowest BCUT2D eigenvalue weighted by atomic mass is 10.0. The summed E-state index contributed by atoms with van der Waals surface area (Å²) in [7, 11) is 0. The van der Waals surface area contributed by atoms with Gasteiger partial charge < -0.3 is 0 Å². The lowest BCUT2D eigenvalue weighted by molar-refractivity contribution is 0.533. The molecule has 2 aromatic heterocycles. The largest absolute Gasteiger partial charge is 0.248 e. The van der Waals surface area contributed by atoms with Crippen LogP contribution in [0.25, 0.3) is 11.0 Å². The summed E-state index contributed by atoms with van der Waals surface area (Å²) in [5.41, 5.74) is 4.81. The van der Waals surface area contributed by atoms with Gasteiger partial charge in [0.25, 0.3) is 0 Å². The molecule has 236 valence electrons. The Morgan fingerprint density at radius 2 is 0.610 bits per heavy atom. The van der Waals surface area contributed by atoms with E-state index in [-0.39, 0.29) is 0 Å². The van der Waals surface area contributed by atoms with Crippen LogP contribution in [0, 0.1) is 0 Å². The highest BCUT2D eigenvalue weighted by molar-refractivity contribution is 7.09. The third-order valence-electron chi connectivity index (χ3n) is 9.00. The molecule has 0 aromatic carbocycles. The van der Waals surface area contributed by atoms with Gasteiger partial charge in [0.2, 0.25) is 0 Å². The van der Waals surface area contributed by atoms with Gasteiger partial charge in [-0.15, -0.1) is 11.3 Å². The molecule has 0 radical (unpaired) electrons. The lowest BCUT2D eigenvalue weighted by Crippen LogP contribution is -2.02. The van der Waals surface area contributed by atoms with E-state index < -0.39 is 0 Å². The minimum atomic E-state index is 1.11. The first kappa shape index (κ1) is 36.2. The predicted molar refractivity (Wildman–Crippen MR) is 185 cm³/mol. The lowest BCUT2D eigenvalue weighted by Gasteiger charge is -2.09. The van der Waals surface area contributed by atoms with E-state index in [0.717, 1.165) is 23.9 Å². The molecule has 0 aliphatic heterocycles. The summed E-state index contributed by atoms with van der Waals surface area (Å²) in [6.45, 7) is 4.61. The van der Waals surface area contributed by atoms with Crippen molar-refractivity contribution in [3.63, 3.8) is 0 Å². The molecule has 0 atom stereocenters. The van der Waals surface area contributed by atoms with Crippen LogP contribution in [0.15, 0.2) is 10.8 Å². The fraction of sp³-hybridized carbons (Fsp3) is 0.842. The summed E-state index contributed by atoms with van der Waals surface area (Å²) >= 11 is 1.74. The number of thiophene rings is 1. The van der Waals surface area contributed by atoms with Crippen molar-refractivity contribution in [1.29, 1.82) is 0 Å². The number of hydrogen-bond acceptors (Lipinski definition) is 3. The third kappa shape index (κ3) is 19.0. The molecule has 0 amide bonds. The van der Waals surface area contributed by atoms with Crippen LogP contribution in [0.2, 0.25) is 0 Å². The van der Waals surface area contributed by atoms with Gasteiger partial charge in [-0.05, 0) is 25.7 Å². The maximum atomic E-state index is 5.07. The summed E-state index contributed by atoms with van der Waals surface area (Å²) in [5, 5.41) is 4.35. The van der Waals surface area contributed by atoms with Crippen molar-refractivity contribution in [1.82, 2.24) is 9.97 Å². The second-order valence-corrected chi connectivity index (χ2v) is 13.7. The molecule has 2 nitrogen and oxygen atoms in total. The minimum Gasteiger partial charge on any atom is -0.248 e. The van der Waals surface area contributed by atoms with Gasteiger partial charge >= 0.3 is 0 Å². The quantitative estimate of drug-likeness (QED) is 0.0853. The number of hydrogen-bond donors (Lipinski definition) is 0. The molecule has 0 unspecified atom stereocenters. The summed E-state index contributed by atoms with van der Waals surface area (Å²) in [5.74, 6) is 0. The van der Waals surface area contributed by atoms with Crippen LogP contribution in [-0.2, 0) is 12.8 Å². The number of aryl methyl sites for hydroxylation is 2. The highest BCUT2D eigenvalue weighted by atomic mass is 32.1. The van der Waals surface area contributed by atoms with Crippen LogP contribution in [0.5, 0.6) is 0 Å². The molecule has 2 rings (SSSR count). The van der Waals surface area contributed by atoms with Crippen molar-refractivity contribution in [3.8, 4) is 0 Å². The minimum absolute atomic E-state index is 1.11. The fourth-order valence-electron chi connectivity index (χ4n) is 6.25. The molecule has 2 aromatic rings. The monoisotopic (exact) mass is 585 g/mol. The zero-order valence-corrected chi connectivity index (χ0v) is 28.5. The summed E-state index contributed by atoms with van der Waals surface area (Å²) in [4.78, 5) is 10.1.